The zero-order chi connectivity index (χ0) is 10.1. The quantitative estimate of drug-likeness (QED) is 0.621. The Hall–Kier alpha value is -0.0400. The molecule has 2 fully saturated rings. The molecule has 1 nitrogen and oxygen atoms in total. The lowest BCUT2D eigenvalue weighted by Gasteiger charge is -2.45. The predicted molar refractivity (Wildman–Crippen MR) is 61.3 cm³/mol. The Labute approximate surface area is 88.9 Å². The van der Waals surface area contributed by atoms with Crippen LogP contribution in [0.3, 0.4) is 0 Å². The van der Waals surface area contributed by atoms with E-state index in [9.17, 15) is 0 Å². The summed E-state index contributed by atoms with van der Waals surface area (Å²) < 4.78 is 0. The molecule has 1 saturated carbocycles. The van der Waals surface area contributed by atoms with Gasteiger partial charge in [-0.2, -0.15) is 0 Å². The van der Waals surface area contributed by atoms with Crippen LogP contribution in [0.15, 0.2) is 0 Å². The van der Waals surface area contributed by atoms with Crippen LogP contribution in [0.4, 0.5) is 0 Å². The molecule has 0 aromatic carbocycles. The zero-order valence-electron chi connectivity index (χ0n) is 10.00. The summed E-state index contributed by atoms with van der Waals surface area (Å²) in [5.74, 6) is 3.13. The molecule has 1 aliphatic carbocycles. The third-order valence-electron chi connectivity index (χ3n) is 4.74. The second-order valence-electron chi connectivity index (χ2n) is 5.63. The van der Waals surface area contributed by atoms with Crippen LogP contribution in [-0.4, -0.2) is 24.5 Å². The van der Waals surface area contributed by atoms with Crippen molar-refractivity contribution < 1.29 is 0 Å². The molecule has 4 unspecified atom stereocenters. The van der Waals surface area contributed by atoms with Gasteiger partial charge in [-0.15, -0.1) is 0 Å². The third-order valence-corrected chi connectivity index (χ3v) is 4.74. The fourth-order valence-corrected chi connectivity index (χ4v) is 3.49. The van der Waals surface area contributed by atoms with Crippen LogP contribution < -0.4 is 0 Å². The summed E-state index contributed by atoms with van der Waals surface area (Å²) >= 11 is 0. The molecule has 2 aliphatic rings. The summed E-state index contributed by atoms with van der Waals surface area (Å²) in [5.41, 5.74) is 0. The van der Waals surface area contributed by atoms with Crippen molar-refractivity contribution >= 4 is 0 Å². The van der Waals surface area contributed by atoms with Crippen LogP contribution in [-0.2, 0) is 0 Å². The summed E-state index contributed by atoms with van der Waals surface area (Å²) in [5, 5.41) is 0. The third kappa shape index (κ3) is 1.98. The van der Waals surface area contributed by atoms with Crippen molar-refractivity contribution in [2.75, 3.05) is 13.6 Å². The average Bonchev–Trinajstić information content (AvgIpc) is 2.19. The van der Waals surface area contributed by atoms with Gasteiger partial charge in [0, 0.05) is 12.6 Å². The standard InChI is InChI=1S/C13H25N/c1-4-11-5-6-12-9-14(3)10(2)7-13(12)8-11/h10-13H,4-9H2,1-3H3. The summed E-state index contributed by atoms with van der Waals surface area (Å²) in [7, 11) is 2.30. The van der Waals surface area contributed by atoms with E-state index in [1.54, 1.807) is 0 Å². The fourth-order valence-electron chi connectivity index (χ4n) is 3.49. The second kappa shape index (κ2) is 4.22. The van der Waals surface area contributed by atoms with Gasteiger partial charge in [0.05, 0.1) is 0 Å². The molecule has 0 amide bonds. The number of nitrogens with zero attached hydrogens (tertiary/aromatic N) is 1. The van der Waals surface area contributed by atoms with Gasteiger partial charge in [-0.25, -0.2) is 0 Å². The molecule has 0 aromatic rings. The van der Waals surface area contributed by atoms with Crippen molar-refractivity contribution in [3.05, 3.63) is 0 Å². The van der Waals surface area contributed by atoms with E-state index in [1.165, 1.54) is 38.6 Å². The average molecular weight is 195 g/mol. The lowest BCUT2D eigenvalue weighted by molar-refractivity contribution is 0.0454. The van der Waals surface area contributed by atoms with Crippen LogP contribution in [0.25, 0.3) is 0 Å². The van der Waals surface area contributed by atoms with Gasteiger partial charge < -0.3 is 4.90 Å². The van der Waals surface area contributed by atoms with Gasteiger partial charge in [0.1, 0.15) is 0 Å². The van der Waals surface area contributed by atoms with Gasteiger partial charge in [-0.3, -0.25) is 0 Å². The molecule has 0 radical (unpaired) electrons. The Kier molecular flexibility index (Phi) is 3.16. The first kappa shape index (κ1) is 10.5. The minimum atomic E-state index is 0.826. The maximum Gasteiger partial charge on any atom is 0.00667 e. The van der Waals surface area contributed by atoms with Gasteiger partial charge in [-0.1, -0.05) is 19.8 Å². The largest absolute Gasteiger partial charge is 0.303 e. The highest BCUT2D eigenvalue weighted by atomic mass is 15.1. The number of likely N-dealkylation sites (tertiary alicyclic amines) is 1. The van der Waals surface area contributed by atoms with Crippen molar-refractivity contribution in [2.45, 2.75) is 52.0 Å². The fraction of sp³-hybridized carbons (Fsp3) is 1.00. The highest BCUT2D eigenvalue weighted by molar-refractivity contribution is 4.88. The summed E-state index contributed by atoms with van der Waals surface area (Å²) in [6.07, 6.45) is 7.39. The van der Waals surface area contributed by atoms with E-state index in [1.807, 2.05) is 0 Å². The topological polar surface area (TPSA) is 3.24 Å². The summed E-state index contributed by atoms with van der Waals surface area (Å²) in [4.78, 5) is 2.56. The molecule has 1 heteroatoms. The predicted octanol–water partition coefficient (Wildman–Crippen LogP) is 3.15. The molecule has 0 aromatic heterocycles. The molecule has 4 atom stereocenters. The van der Waals surface area contributed by atoms with Gasteiger partial charge >= 0.3 is 0 Å². The molecule has 1 aliphatic heterocycles. The molecule has 14 heavy (non-hydrogen) atoms. The Morgan fingerprint density at radius 1 is 1.14 bits per heavy atom. The highest BCUT2D eigenvalue weighted by Gasteiger charge is 2.35. The van der Waals surface area contributed by atoms with Crippen LogP contribution >= 0.6 is 0 Å². The molecule has 82 valence electrons. The van der Waals surface area contributed by atoms with E-state index >= 15 is 0 Å². The minimum Gasteiger partial charge on any atom is -0.303 e. The zero-order valence-corrected chi connectivity index (χ0v) is 10.00. The lowest BCUT2D eigenvalue weighted by Crippen LogP contribution is -2.45. The van der Waals surface area contributed by atoms with Crippen LogP contribution in [0.5, 0.6) is 0 Å². The molecule has 0 spiro atoms. The first-order valence-corrected chi connectivity index (χ1v) is 6.41. The SMILES string of the molecule is CCC1CCC2CN(C)C(C)CC2C1. The molecular formula is C13H25N. The molecule has 1 saturated heterocycles. The maximum absolute atomic E-state index is 2.56. The summed E-state index contributed by atoms with van der Waals surface area (Å²) in [6.45, 7) is 6.12. The number of rotatable bonds is 1. The highest BCUT2D eigenvalue weighted by Crippen LogP contribution is 2.41. The second-order valence-corrected chi connectivity index (χ2v) is 5.63. The van der Waals surface area contributed by atoms with E-state index in [2.05, 4.69) is 25.8 Å². The van der Waals surface area contributed by atoms with Crippen molar-refractivity contribution in [3.8, 4) is 0 Å². The van der Waals surface area contributed by atoms with E-state index < -0.39 is 0 Å². The van der Waals surface area contributed by atoms with E-state index in [0.717, 1.165) is 23.8 Å². The van der Waals surface area contributed by atoms with Gasteiger partial charge in [0.15, 0.2) is 0 Å². The molecule has 0 N–H and O–H groups in total. The van der Waals surface area contributed by atoms with E-state index in [4.69, 9.17) is 0 Å². The normalized spacial score (nSPS) is 44.8. The van der Waals surface area contributed by atoms with E-state index in [-0.39, 0.29) is 0 Å². The van der Waals surface area contributed by atoms with Crippen molar-refractivity contribution in [1.29, 1.82) is 0 Å². The van der Waals surface area contributed by atoms with E-state index in [0.29, 0.717) is 0 Å². The van der Waals surface area contributed by atoms with Gasteiger partial charge in [0.2, 0.25) is 0 Å². The maximum atomic E-state index is 2.56. The number of hydrogen-bond acceptors (Lipinski definition) is 1. The Balaban J connectivity index is 1.95. The molecule has 0 bridgehead atoms. The van der Waals surface area contributed by atoms with Crippen LogP contribution in [0.2, 0.25) is 0 Å². The summed E-state index contributed by atoms with van der Waals surface area (Å²) in [6, 6.07) is 0.826. The first-order valence-electron chi connectivity index (χ1n) is 6.41. The van der Waals surface area contributed by atoms with Gasteiger partial charge in [0.25, 0.3) is 0 Å². The first-order chi connectivity index (χ1) is 6.70. The van der Waals surface area contributed by atoms with Crippen molar-refractivity contribution in [3.63, 3.8) is 0 Å². The smallest absolute Gasteiger partial charge is 0.00667 e. The monoisotopic (exact) mass is 195 g/mol. The van der Waals surface area contributed by atoms with Crippen LogP contribution in [0.1, 0.15) is 46.0 Å². The van der Waals surface area contributed by atoms with Crippen LogP contribution in [0, 0.1) is 17.8 Å². The molecule has 2 rings (SSSR count). The lowest BCUT2D eigenvalue weighted by atomic mass is 9.69. The molecular weight excluding hydrogens is 170 g/mol. The van der Waals surface area contributed by atoms with Crippen molar-refractivity contribution in [1.82, 2.24) is 4.90 Å². The van der Waals surface area contributed by atoms with Gasteiger partial charge in [-0.05, 0) is 51.0 Å². The minimum absolute atomic E-state index is 0.826. The number of fused-ring (bicyclic) bond motifs is 1. The number of piperidine rings is 1. The van der Waals surface area contributed by atoms with Crippen molar-refractivity contribution in [2.24, 2.45) is 17.8 Å². The Bertz CT molecular complexity index is 186. The Morgan fingerprint density at radius 2 is 1.93 bits per heavy atom. The Morgan fingerprint density at radius 3 is 2.64 bits per heavy atom. The molecule has 1 heterocycles. The number of hydrogen-bond donors (Lipinski definition) is 0.